The van der Waals surface area contributed by atoms with Crippen LogP contribution in [0.3, 0.4) is 0 Å². The molecule has 0 radical (unpaired) electrons. The molecule has 0 aliphatic rings. The summed E-state index contributed by atoms with van der Waals surface area (Å²) in [6, 6.07) is 4.69. The maximum Gasteiger partial charge on any atom is 0.129 e. The molecule has 1 aromatic heterocycles. The predicted octanol–water partition coefficient (Wildman–Crippen LogP) is 4.01. The van der Waals surface area contributed by atoms with Gasteiger partial charge in [-0.25, -0.2) is 4.98 Å². The number of anilines is 1. The molecule has 0 aliphatic carbocycles. The lowest BCUT2D eigenvalue weighted by Gasteiger charge is -2.27. The fourth-order valence-corrected chi connectivity index (χ4v) is 2.19. The number of pyridine rings is 1. The Hall–Kier alpha value is -0.760. The third-order valence-electron chi connectivity index (χ3n) is 2.84. The average molecular weight is 255 g/mol. The van der Waals surface area contributed by atoms with Crippen LogP contribution in [0.5, 0.6) is 0 Å². The molecule has 1 heterocycles. The van der Waals surface area contributed by atoms with Gasteiger partial charge in [0.25, 0.3) is 0 Å². The van der Waals surface area contributed by atoms with Crippen molar-refractivity contribution < 1.29 is 0 Å². The lowest BCUT2D eigenvalue weighted by atomic mass is 10.1. The fourth-order valence-electron chi connectivity index (χ4n) is 2.03. The SMILES string of the molecule is CCCc1cc(CCl)cc(N(CC)C(C)C)n1. The molecule has 0 spiro atoms. The molecule has 0 aromatic carbocycles. The molecule has 0 fully saturated rings. The first kappa shape index (κ1) is 14.3. The van der Waals surface area contributed by atoms with E-state index in [1.807, 2.05) is 0 Å². The molecule has 0 saturated carbocycles. The minimum Gasteiger partial charge on any atom is -0.354 e. The molecule has 1 aromatic rings. The van der Waals surface area contributed by atoms with Crippen LogP contribution in [0.15, 0.2) is 12.1 Å². The van der Waals surface area contributed by atoms with Crippen molar-refractivity contribution in [2.75, 3.05) is 11.4 Å². The van der Waals surface area contributed by atoms with E-state index in [1.165, 1.54) is 5.56 Å². The van der Waals surface area contributed by atoms with Gasteiger partial charge in [0.1, 0.15) is 5.82 Å². The summed E-state index contributed by atoms with van der Waals surface area (Å²) in [7, 11) is 0. The second-order valence-electron chi connectivity index (χ2n) is 4.59. The number of aryl methyl sites for hydroxylation is 1. The smallest absolute Gasteiger partial charge is 0.129 e. The molecule has 0 atom stereocenters. The molecule has 17 heavy (non-hydrogen) atoms. The number of nitrogens with zero attached hydrogens (tertiary/aromatic N) is 2. The second-order valence-corrected chi connectivity index (χ2v) is 4.86. The number of hydrogen-bond acceptors (Lipinski definition) is 2. The number of halogens is 1. The molecule has 0 bridgehead atoms. The second kappa shape index (κ2) is 6.85. The Kier molecular flexibility index (Phi) is 5.76. The minimum atomic E-state index is 0.465. The van der Waals surface area contributed by atoms with Gasteiger partial charge in [0.2, 0.25) is 0 Å². The van der Waals surface area contributed by atoms with Crippen LogP contribution < -0.4 is 4.90 Å². The van der Waals surface area contributed by atoms with Crippen molar-refractivity contribution in [2.24, 2.45) is 0 Å². The van der Waals surface area contributed by atoms with Gasteiger partial charge in [-0.05, 0) is 44.9 Å². The van der Waals surface area contributed by atoms with E-state index in [1.54, 1.807) is 0 Å². The van der Waals surface area contributed by atoms with Gasteiger partial charge in [0.05, 0.1) is 0 Å². The first-order chi connectivity index (χ1) is 8.12. The fraction of sp³-hybridized carbons (Fsp3) is 0.643. The van der Waals surface area contributed by atoms with Crippen LogP contribution in [-0.4, -0.2) is 17.6 Å². The highest BCUT2D eigenvalue weighted by molar-refractivity contribution is 6.17. The molecule has 2 nitrogen and oxygen atoms in total. The van der Waals surface area contributed by atoms with Crippen LogP contribution in [0.2, 0.25) is 0 Å². The van der Waals surface area contributed by atoms with Gasteiger partial charge in [-0.15, -0.1) is 11.6 Å². The van der Waals surface area contributed by atoms with Crippen LogP contribution in [0.4, 0.5) is 5.82 Å². The molecule has 0 saturated heterocycles. The summed E-state index contributed by atoms with van der Waals surface area (Å²) in [4.78, 5) is 7.03. The molecule has 0 amide bonds. The summed E-state index contributed by atoms with van der Waals surface area (Å²) >= 11 is 5.95. The normalized spacial score (nSPS) is 10.9. The topological polar surface area (TPSA) is 16.1 Å². The standard InChI is InChI=1S/C14H23ClN2/c1-5-7-13-8-12(10-15)9-14(16-13)17(6-2)11(3)4/h8-9,11H,5-7,10H2,1-4H3. The molecule has 3 heteroatoms. The first-order valence-electron chi connectivity index (χ1n) is 6.44. The quantitative estimate of drug-likeness (QED) is 0.713. The Bertz CT molecular complexity index is 350. The van der Waals surface area contributed by atoms with E-state index in [4.69, 9.17) is 16.6 Å². The van der Waals surface area contributed by atoms with Gasteiger partial charge in [-0.1, -0.05) is 13.3 Å². The van der Waals surface area contributed by atoms with E-state index < -0.39 is 0 Å². The predicted molar refractivity (Wildman–Crippen MR) is 75.9 cm³/mol. The van der Waals surface area contributed by atoms with E-state index in [9.17, 15) is 0 Å². The van der Waals surface area contributed by atoms with E-state index in [0.29, 0.717) is 11.9 Å². The van der Waals surface area contributed by atoms with E-state index in [-0.39, 0.29) is 0 Å². The highest BCUT2D eigenvalue weighted by Crippen LogP contribution is 2.19. The maximum absolute atomic E-state index is 5.95. The highest BCUT2D eigenvalue weighted by Gasteiger charge is 2.11. The van der Waals surface area contributed by atoms with Crippen molar-refractivity contribution in [3.63, 3.8) is 0 Å². The molecular weight excluding hydrogens is 232 g/mol. The van der Waals surface area contributed by atoms with Crippen molar-refractivity contribution in [1.82, 2.24) is 4.98 Å². The van der Waals surface area contributed by atoms with Gasteiger partial charge in [0, 0.05) is 24.2 Å². The number of alkyl halides is 1. The first-order valence-corrected chi connectivity index (χ1v) is 6.98. The van der Waals surface area contributed by atoms with E-state index in [0.717, 1.165) is 30.9 Å². The third kappa shape index (κ3) is 3.88. The molecule has 0 N–H and O–H groups in total. The molecular formula is C14H23ClN2. The lowest BCUT2D eigenvalue weighted by Crippen LogP contribution is -2.31. The van der Waals surface area contributed by atoms with Gasteiger partial charge >= 0.3 is 0 Å². The summed E-state index contributed by atoms with van der Waals surface area (Å²) in [6.45, 7) is 9.70. The monoisotopic (exact) mass is 254 g/mol. The number of aromatic nitrogens is 1. The third-order valence-corrected chi connectivity index (χ3v) is 3.15. The molecule has 96 valence electrons. The van der Waals surface area contributed by atoms with E-state index >= 15 is 0 Å². The van der Waals surface area contributed by atoms with Crippen LogP contribution in [-0.2, 0) is 12.3 Å². The van der Waals surface area contributed by atoms with Gasteiger partial charge < -0.3 is 4.90 Å². The largest absolute Gasteiger partial charge is 0.354 e. The Labute approximate surface area is 110 Å². The van der Waals surface area contributed by atoms with Crippen LogP contribution in [0.25, 0.3) is 0 Å². The maximum atomic E-state index is 5.95. The lowest BCUT2D eigenvalue weighted by molar-refractivity contribution is 0.689. The summed E-state index contributed by atoms with van der Waals surface area (Å²) in [5, 5.41) is 0. The van der Waals surface area contributed by atoms with Crippen molar-refractivity contribution in [3.8, 4) is 0 Å². The van der Waals surface area contributed by atoms with Crippen molar-refractivity contribution in [3.05, 3.63) is 23.4 Å². The summed E-state index contributed by atoms with van der Waals surface area (Å²) in [5.74, 6) is 1.62. The Morgan fingerprint density at radius 3 is 2.47 bits per heavy atom. The van der Waals surface area contributed by atoms with Crippen LogP contribution >= 0.6 is 11.6 Å². The van der Waals surface area contributed by atoms with Gasteiger partial charge in [-0.2, -0.15) is 0 Å². The van der Waals surface area contributed by atoms with Crippen LogP contribution in [0, 0.1) is 0 Å². The number of hydrogen-bond donors (Lipinski definition) is 0. The van der Waals surface area contributed by atoms with E-state index in [2.05, 4.69) is 44.7 Å². The summed E-state index contributed by atoms with van der Waals surface area (Å²) < 4.78 is 0. The summed E-state index contributed by atoms with van der Waals surface area (Å²) in [6.07, 6.45) is 2.14. The van der Waals surface area contributed by atoms with Crippen molar-refractivity contribution in [2.45, 2.75) is 52.5 Å². The molecule has 0 unspecified atom stereocenters. The van der Waals surface area contributed by atoms with Crippen LogP contribution in [0.1, 0.15) is 45.4 Å². The Morgan fingerprint density at radius 1 is 1.29 bits per heavy atom. The Morgan fingerprint density at radius 2 is 2.00 bits per heavy atom. The van der Waals surface area contributed by atoms with Gasteiger partial charge in [-0.3, -0.25) is 0 Å². The van der Waals surface area contributed by atoms with Crippen molar-refractivity contribution in [1.29, 1.82) is 0 Å². The number of rotatable bonds is 6. The highest BCUT2D eigenvalue weighted by atomic mass is 35.5. The summed E-state index contributed by atoms with van der Waals surface area (Å²) in [5.41, 5.74) is 2.32. The average Bonchev–Trinajstić information content (AvgIpc) is 2.29. The zero-order valence-corrected chi connectivity index (χ0v) is 12.1. The van der Waals surface area contributed by atoms with Crippen molar-refractivity contribution >= 4 is 17.4 Å². The Balaban J connectivity index is 3.08. The molecule has 0 aliphatic heterocycles. The zero-order valence-electron chi connectivity index (χ0n) is 11.3. The van der Waals surface area contributed by atoms with Gasteiger partial charge in [0.15, 0.2) is 0 Å². The zero-order chi connectivity index (χ0) is 12.8. The minimum absolute atomic E-state index is 0.465. The molecule has 1 rings (SSSR count).